The van der Waals surface area contributed by atoms with Crippen molar-refractivity contribution in [1.82, 2.24) is 0 Å². The van der Waals surface area contributed by atoms with Gasteiger partial charge in [0.2, 0.25) is 0 Å². The van der Waals surface area contributed by atoms with E-state index in [4.69, 9.17) is 8.83 Å². The summed E-state index contributed by atoms with van der Waals surface area (Å²) in [5.74, 6) is 0. The van der Waals surface area contributed by atoms with Gasteiger partial charge >= 0.3 is 11.3 Å². The first-order valence-corrected chi connectivity index (χ1v) is 6.87. The summed E-state index contributed by atoms with van der Waals surface area (Å²) >= 11 is 0. The van der Waals surface area contributed by atoms with Crippen molar-refractivity contribution in [2.75, 3.05) is 0 Å². The van der Waals surface area contributed by atoms with Crippen molar-refractivity contribution in [3.05, 3.63) is 69.4 Å². The molecule has 0 spiro atoms. The first-order valence-electron chi connectivity index (χ1n) is 6.87. The van der Waals surface area contributed by atoms with Gasteiger partial charge in [0.15, 0.2) is 11.2 Å². The number of benzene rings is 4. The van der Waals surface area contributed by atoms with Crippen molar-refractivity contribution in [3.63, 3.8) is 0 Å². The maximum atomic E-state index is 11.5. The molecule has 5 rings (SSSR count). The summed E-state index contributed by atoms with van der Waals surface area (Å²) in [6.45, 7) is 0. The summed E-state index contributed by atoms with van der Waals surface area (Å²) in [7, 11) is 0. The topological polar surface area (TPSA) is 60.4 Å². The normalized spacial score (nSPS) is 12.0. The molecule has 5 aromatic rings. The third kappa shape index (κ3) is 1.31. The highest BCUT2D eigenvalue weighted by molar-refractivity contribution is 6.27. The SMILES string of the molecule is O=c1oc2cc3ccc4cccc5ccc(c2oc1=O)c3c45. The van der Waals surface area contributed by atoms with Crippen LogP contribution in [0, 0.1) is 0 Å². The average Bonchev–Trinajstić information content (AvgIpc) is 2.54. The highest BCUT2D eigenvalue weighted by atomic mass is 16.5. The Morgan fingerprint density at radius 3 is 2.18 bits per heavy atom. The summed E-state index contributed by atoms with van der Waals surface area (Å²) in [6.07, 6.45) is 0. The van der Waals surface area contributed by atoms with E-state index in [0.29, 0.717) is 5.58 Å². The molecule has 4 nitrogen and oxygen atoms in total. The van der Waals surface area contributed by atoms with Crippen LogP contribution in [0.25, 0.3) is 43.5 Å². The zero-order valence-corrected chi connectivity index (χ0v) is 11.3. The van der Waals surface area contributed by atoms with E-state index in [9.17, 15) is 9.59 Å². The van der Waals surface area contributed by atoms with Crippen LogP contribution in [0.15, 0.2) is 67.0 Å². The molecule has 0 bridgehead atoms. The van der Waals surface area contributed by atoms with Gasteiger partial charge in [-0.1, -0.05) is 36.4 Å². The molecular formula is C18H8O4. The van der Waals surface area contributed by atoms with Gasteiger partial charge in [-0.25, -0.2) is 9.59 Å². The average molecular weight is 288 g/mol. The standard InChI is InChI=1S/C18H8O4/c19-17-18(20)22-16-12-7-6-10-3-1-2-9-4-5-11(8-13(16)21-17)15(12)14(9)10/h1-8H. The van der Waals surface area contributed by atoms with E-state index in [0.717, 1.165) is 32.3 Å². The monoisotopic (exact) mass is 288 g/mol. The lowest BCUT2D eigenvalue weighted by molar-refractivity contribution is 0.451. The summed E-state index contributed by atoms with van der Waals surface area (Å²) in [6, 6.07) is 15.7. The minimum atomic E-state index is -0.986. The van der Waals surface area contributed by atoms with Gasteiger partial charge in [-0.3, -0.25) is 0 Å². The Hall–Kier alpha value is -3.14. The quantitative estimate of drug-likeness (QED) is 0.248. The first-order chi connectivity index (χ1) is 10.7. The van der Waals surface area contributed by atoms with Gasteiger partial charge in [0.05, 0.1) is 0 Å². The summed E-state index contributed by atoms with van der Waals surface area (Å²) < 4.78 is 10.3. The number of hydrogen-bond donors (Lipinski definition) is 0. The molecular weight excluding hydrogens is 280 g/mol. The fourth-order valence-corrected chi connectivity index (χ4v) is 3.22. The molecule has 0 aliphatic heterocycles. The maximum Gasteiger partial charge on any atom is 0.423 e. The Kier molecular flexibility index (Phi) is 1.96. The third-order valence-electron chi connectivity index (χ3n) is 4.13. The Morgan fingerprint density at radius 2 is 1.36 bits per heavy atom. The van der Waals surface area contributed by atoms with Crippen molar-refractivity contribution < 1.29 is 8.83 Å². The minimum absolute atomic E-state index is 0.287. The lowest BCUT2D eigenvalue weighted by atomic mass is 9.94. The molecule has 0 saturated heterocycles. The largest absolute Gasteiger partial charge is 0.423 e. The molecule has 0 radical (unpaired) electrons. The van der Waals surface area contributed by atoms with Crippen LogP contribution in [0.1, 0.15) is 0 Å². The molecule has 0 aliphatic rings. The predicted molar refractivity (Wildman–Crippen MR) is 84.7 cm³/mol. The van der Waals surface area contributed by atoms with E-state index < -0.39 is 11.3 Å². The van der Waals surface area contributed by atoms with Gasteiger partial charge in [0.25, 0.3) is 0 Å². The van der Waals surface area contributed by atoms with Gasteiger partial charge in [-0.2, -0.15) is 0 Å². The van der Waals surface area contributed by atoms with Crippen LogP contribution in [0.5, 0.6) is 0 Å². The molecule has 0 atom stereocenters. The minimum Gasteiger partial charge on any atom is -0.414 e. The van der Waals surface area contributed by atoms with E-state index in [1.807, 2.05) is 42.5 Å². The van der Waals surface area contributed by atoms with E-state index in [2.05, 4.69) is 0 Å². The van der Waals surface area contributed by atoms with Crippen LogP contribution >= 0.6 is 0 Å². The highest BCUT2D eigenvalue weighted by Crippen LogP contribution is 2.37. The molecule has 0 saturated carbocycles. The summed E-state index contributed by atoms with van der Waals surface area (Å²) in [5, 5.41) is 6.10. The van der Waals surface area contributed by atoms with Crippen molar-refractivity contribution >= 4 is 43.5 Å². The Morgan fingerprint density at radius 1 is 0.682 bits per heavy atom. The van der Waals surface area contributed by atoms with Gasteiger partial charge in [-0.15, -0.1) is 0 Å². The Labute approximate surface area is 122 Å². The molecule has 4 heteroatoms. The molecule has 0 N–H and O–H groups in total. The van der Waals surface area contributed by atoms with Crippen molar-refractivity contribution in [2.45, 2.75) is 0 Å². The second kappa shape index (κ2) is 3.74. The van der Waals surface area contributed by atoms with E-state index in [1.165, 1.54) is 0 Å². The Balaban J connectivity index is 2.21. The molecule has 1 heterocycles. The predicted octanol–water partition coefficient (Wildman–Crippen LogP) is 3.64. The molecule has 0 fully saturated rings. The number of fused-ring (bicyclic) bond motifs is 2. The zero-order valence-electron chi connectivity index (χ0n) is 11.3. The fraction of sp³-hybridized carbons (Fsp3) is 0. The molecule has 4 aromatic carbocycles. The number of hydrogen-bond acceptors (Lipinski definition) is 4. The lowest BCUT2D eigenvalue weighted by Gasteiger charge is -2.11. The van der Waals surface area contributed by atoms with E-state index in [1.54, 1.807) is 6.07 Å². The Bertz CT molecular complexity index is 1290. The van der Waals surface area contributed by atoms with Crippen molar-refractivity contribution in [1.29, 1.82) is 0 Å². The molecule has 104 valence electrons. The van der Waals surface area contributed by atoms with Crippen LogP contribution in [-0.4, -0.2) is 0 Å². The van der Waals surface area contributed by atoms with Crippen molar-refractivity contribution in [3.8, 4) is 0 Å². The van der Waals surface area contributed by atoms with Crippen LogP contribution in [-0.2, 0) is 0 Å². The van der Waals surface area contributed by atoms with Gasteiger partial charge < -0.3 is 8.83 Å². The number of rotatable bonds is 0. The summed E-state index contributed by atoms with van der Waals surface area (Å²) in [4.78, 5) is 22.9. The molecule has 22 heavy (non-hydrogen) atoms. The zero-order chi connectivity index (χ0) is 14.8. The smallest absolute Gasteiger partial charge is 0.414 e. The van der Waals surface area contributed by atoms with Gasteiger partial charge in [0.1, 0.15) is 0 Å². The molecule has 0 aliphatic carbocycles. The second-order valence-corrected chi connectivity index (χ2v) is 5.34. The van der Waals surface area contributed by atoms with Crippen LogP contribution in [0.2, 0.25) is 0 Å². The van der Waals surface area contributed by atoms with Crippen LogP contribution < -0.4 is 11.3 Å². The van der Waals surface area contributed by atoms with Crippen LogP contribution in [0.4, 0.5) is 0 Å². The van der Waals surface area contributed by atoms with Gasteiger partial charge in [-0.05, 0) is 33.7 Å². The molecule has 0 amide bonds. The van der Waals surface area contributed by atoms with E-state index in [-0.39, 0.29) is 5.58 Å². The summed E-state index contributed by atoms with van der Waals surface area (Å²) in [5.41, 5.74) is -1.37. The first kappa shape index (κ1) is 11.5. The lowest BCUT2D eigenvalue weighted by Crippen LogP contribution is -2.20. The third-order valence-corrected chi connectivity index (χ3v) is 4.13. The van der Waals surface area contributed by atoms with E-state index >= 15 is 0 Å². The maximum absolute atomic E-state index is 11.5. The molecule has 0 unspecified atom stereocenters. The van der Waals surface area contributed by atoms with Gasteiger partial charge in [0, 0.05) is 10.8 Å². The molecule has 1 aromatic heterocycles. The second-order valence-electron chi connectivity index (χ2n) is 5.34. The fourth-order valence-electron chi connectivity index (χ4n) is 3.22. The van der Waals surface area contributed by atoms with Crippen molar-refractivity contribution in [2.24, 2.45) is 0 Å². The van der Waals surface area contributed by atoms with Crippen LogP contribution in [0.3, 0.4) is 0 Å². The highest BCUT2D eigenvalue weighted by Gasteiger charge is 2.14.